The lowest BCUT2D eigenvalue weighted by Crippen LogP contribution is -2.31. The number of hydrogen-bond donors (Lipinski definition) is 0. The van der Waals surface area contributed by atoms with Crippen LogP contribution in [0.15, 0.2) is 48.7 Å². The minimum absolute atomic E-state index is 0.142. The van der Waals surface area contributed by atoms with Crippen LogP contribution in [-0.4, -0.2) is 29.1 Å². The fourth-order valence-electron chi connectivity index (χ4n) is 4.64. The molecule has 0 N–H and O–H groups in total. The number of hydrogen-bond acceptors (Lipinski definition) is 4. The number of aryl methyl sites for hydroxylation is 1. The van der Waals surface area contributed by atoms with Gasteiger partial charge in [0.2, 0.25) is 0 Å². The number of nitrogens with zero attached hydrogens (tertiary/aromatic N) is 2. The van der Waals surface area contributed by atoms with Gasteiger partial charge in [0.05, 0.1) is 25.3 Å². The van der Waals surface area contributed by atoms with Crippen molar-refractivity contribution >= 4 is 6.09 Å². The Morgan fingerprint density at radius 3 is 2.46 bits per heavy atom. The van der Waals surface area contributed by atoms with Gasteiger partial charge in [0.25, 0.3) is 0 Å². The number of carbonyl (C=O) groups is 1. The van der Waals surface area contributed by atoms with Gasteiger partial charge in [0.1, 0.15) is 17.7 Å². The van der Waals surface area contributed by atoms with E-state index in [4.69, 9.17) is 9.47 Å². The summed E-state index contributed by atoms with van der Waals surface area (Å²) in [6, 6.07) is 9.27. The third-order valence-electron chi connectivity index (χ3n) is 6.65. The largest absolute Gasteiger partial charge is 0.496 e. The SMILES string of the molecule is COc1cc(F)c(C(C)C)cc1-c1ccc(C(F)(F)F)cc1CN1C(=O)O[C@@H](c2ccnc(C)c2)[C@H]1C. The van der Waals surface area contributed by atoms with Crippen LogP contribution in [0.3, 0.4) is 0 Å². The summed E-state index contributed by atoms with van der Waals surface area (Å²) in [7, 11) is 1.37. The van der Waals surface area contributed by atoms with Crippen LogP contribution in [0.5, 0.6) is 5.75 Å². The number of rotatable bonds is 6. The van der Waals surface area contributed by atoms with Gasteiger partial charge in [-0.2, -0.15) is 13.2 Å². The van der Waals surface area contributed by atoms with E-state index in [2.05, 4.69) is 4.98 Å². The van der Waals surface area contributed by atoms with Gasteiger partial charge in [-0.3, -0.25) is 9.88 Å². The molecule has 1 saturated heterocycles. The second kappa shape index (κ2) is 10.0. The highest BCUT2D eigenvalue weighted by atomic mass is 19.4. The van der Waals surface area contributed by atoms with Crippen LogP contribution in [0.1, 0.15) is 60.7 Å². The number of aromatic nitrogens is 1. The van der Waals surface area contributed by atoms with Crippen molar-refractivity contribution in [2.75, 3.05) is 7.11 Å². The molecule has 1 fully saturated rings. The molecular formula is C28H28F4N2O3. The standard InChI is InChI=1S/C28H28F4N2O3/c1-15(2)22-12-23(25(36-5)13-24(22)29)21-7-6-20(28(30,31)32)11-19(21)14-34-17(4)26(37-27(34)35)18-8-9-33-16(3)10-18/h6-13,15,17,26H,14H2,1-5H3/t17-,26-/m1/s1. The van der Waals surface area contributed by atoms with Crippen LogP contribution in [0.2, 0.25) is 0 Å². The second-order valence-corrected chi connectivity index (χ2v) is 9.50. The number of amides is 1. The molecule has 2 atom stereocenters. The molecule has 0 radical (unpaired) electrons. The smallest absolute Gasteiger partial charge is 0.416 e. The average molecular weight is 517 g/mol. The average Bonchev–Trinajstić information content (AvgIpc) is 3.11. The maximum atomic E-state index is 14.7. The maximum Gasteiger partial charge on any atom is 0.416 e. The summed E-state index contributed by atoms with van der Waals surface area (Å²) in [5.74, 6) is -0.443. The van der Waals surface area contributed by atoms with Gasteiger partial charge in [-0.05, 0) is 72.4 Å². The van der Waals surface area contributed by atoms with Crippen molar-refractivity contribution < 1.29 is 31.8 Å². The number of benzene rings is 2. The van der Waals surface area contributed by atoms with Crippen LogP contribution in [0, 0.1) is 12.7 Å². The minimum atomic E-state index is -4.59. The van der Waals surface area contributed by atoms with E-state index in [1.165, 1.54) is 24.1 Å². The van der Waals surface area contributed by atoms with E-state index in [0.29, 0.717) is 16.7 Å². The Labute approximate surface area is 213 Å². The molecule has 4 rings (SSSR count). The van der Waals surface area contributed by atoms with Crippen LogP contribution in [0.25, 0.3) is 11.1 Å². The number of halogens is 4. The Morgan fingerprint density at radius 2 is 1.84 bits per heavy atom. The molecular weight excluding hydrogens is 488 g/mol. The maximum absolute atomic E-state index is 14.7. The fourth-order valence-corrected chi connectivity index (χ4v) is 4.64. The van der Waals surface area contributed by atoms with E-state index in [-0.39, 0.29) is 23.8 Å². The van der Waals surface area contributed by atoms with Crippen LogP contribution < -0.4 is 4.74 Å². The number of ether oxygens (including phenoxy) is 2. The molecule has 1 aliphatic rings. The number of carbonyl (C=O) groups excluding carboxylic acids is 1. The van der Waals surface area contributed by atoms with E-state index < -0.39 is 35.8 Å². The lowest BCUT2D eigenvalue weighted by molar-refractivity contribution is -0.137. The van der Waals surface area contributed by atoms with Crippen LogP contribution in [-0.2, 0) is 17.5 Å². The lowest BCUT2D eigenvalue weighted by Gasteiger charge is -2.24. The van der Waals surface area contributed by atoms with E-state index in [1.54, 1.807) is 25.3 Å². The third kappa shape index (κ3) is 5.26. The second-order valence-electron chi connectivity index (χ2n) is 9.50. The lowest BCUT2D eigenvalue weighted by atomic mass is 9.92. The summed E-state index contributed by atoms with van der Waals surface area (Å²) in [4.78, 5) is 18.5. The van der Waals surface area contributed by atoms with E-state index in [9.17, 15) is 22.4 Å². The monoisotopic (exact) mass is 516 g/mol. The molecule has 0 saturated carbocycles. The minimum Gasteiger partial charge on any atom is -0.496 e. The van der Waals surface area contributed by atoms with Crippen molar-refractivity contribution in [3.63, 3.8) is 0 Å². The first kappa shape index (κ1) is 26.4. The molecule has 196 valence electrons. The molecule has 1 amide bonds. The molecule has 2 aromatic carbocycles. The Hall–Kier alpha value is -3.62. The molecule has 0 aliphatic carbocycles. The molecule has 9 heteroatoms. The quantitative estimate of drug-likeness (QED) is 0.320. The highest BCUT2D eigenvalue weighted by molar-refractivity contribution is 5.76. The van der Waals surface area contributed by atoms with Crippen LogP contribution >= 0.6 is 0 Å². The Balaban J connectivity index is 1.80. The van der Waals surface area contributed by atoms with E-state index in [1.807, 2.05) is 26.8 Å². The first-order chi connectivity index (χ1) is 17.4. The topological polar surface area (TPSA) is 51.7 Å². The van der Waals surface area contributed by atoms with Crippen molar-refractivity contribution in [2.45, 2.75) is 58.5 Å². The molecule has 0 unspecified atom stereocenters. The summed E-state index contributed by atoms with van der Waals surface area (Å²) < 4.78 is 66.7. The molecule has 3 aromatic rings. The van der Waals surface area contributed by atoms with E-state index >= 15 is 0 Å². The van der Waals surface area contributed by atoms with Crippen molar-refractivity contribution in [1.29, 1.82) is 0 Å². The zero-order chi connectivity index (χ0) is 27.1. The molecule has 2 heterocycles. The van der Waals surface area contributed by atoms with Gasteiger partial charge < -0.3 is 9.47 Å². The first-order valence-electron chi connectivity index (χ1n) is 11.9. The van der Waals surface area contributed by atoms with Gasteiger partial charge >= 0.3 is 12.3 Å². The first-order valence-corrected chi connectivity index (χ1v) is 11.9. The Kier molecular flexibility index (Phi) is 7.17. The predicted octanol–water partition coefficient (Wildman–Crippen LogP) is 7.43. The van der Waals surface area contributed by atoms with Crippen molar-refractivity contribution in [3.05, 3.63) is 82.4 Å². The molecule has 0 bridgehead atoms. The zero-order valence-corrected chi connectivity index (χ0v) is 21.2. The highest BCUT2D eigenvalue weighted by Gasteiger charge is 2.40. The number of methoxy groups -OCH3 is 1. The van der Waals surface area contributed by atoms with E-state index in [0.717, 1.165) is 23.4 Å². The van der Waals surface area contributed by atoms with Crippen molar-refractivity contribution in [2.24, 2.45) is 0 Å². The summed E-state index contributed by atoms with van der Waals surface area (Å²) in [5.41, 5.74) is 2.16. The van der Waals surface area contributed by atoms with Crippen molar-refractivity contribution in [3.8, 4) is 16.9 Å². The number of cyclic esters (lactones) is 1. The van der Waals surface area contributed by atoms with Crippen molar-refractivity contribution in [1.82, 2.24) is 9.88 Å². The van der Waals surface area contributed by atoms with Gasteiger partial charge in [-0.15, -0.1) is 0 Å². The molecule has 37 heavy (non-hydrogen) atoms. The Morgan fingerprint density at radius 1 is 1.11 bits per heavy atom. The van der Waals surface area contributed by atoms with Gasteiger partial charge in [-0.1, -0.05) is 19.9 Å². The third-order valence-corrected chi connectivity index (χ3v) is 6.65. The van der Waals surface area contributed by atoms with Gasteiger partial charge in [0, 0.05) is 23.5 Å². The number of pyridine rings is 1. The summed E-state index contributed by atoms with van der Waals surface area (Å²) in [5, 5.41) is 0. The Bertz CT molecular complexity index is 1320. The fraction of sp³-hybridized carbons (Fsp3) is 0.357. The summed E-state index contributed by atoms with van der Waals surface area (Å²) >= 11 is 0. The van der Waals surface area contributed by atoms with Crippen LogP contribution in [0.4, 0.5) is 22.4 Å². The zero-order valence-electron chi connectivity index (χ0n) is 21.2. The van der Waals surface area contributed by atoms with Gasteiger partial charge in [0.15, 0.2) is 0 Å². The normalized spacial score (nSPS) is 17.9. The molecule has 5 nitrogen and oxygen atoms in total. The molecule has 0 spiro atoms. The highest BCUT2D eigenvalue weighted by Crippen LogP contribution is 2.41. The summed E-state index contributed by atoms with van der Waals surface area (Å²) in [6.45, 7) is 7.11. The number of alkyl halides is 3. The van der Waals surface area contributed by atoms with Gasteiger partial charge in [-0.25, -0.2) is 9.18 Å². The molecule has 1 aliphatic heterocycles. The summed E-state index contributed by atoms with van der Waals surface area (Å²) in [6.07, 6.45) is -4.20. The predicted molar refractivity (Wildman–Crippen MR) is 131 cm³/mol. The molecule has 1 aromatic heterocycles.